The van der Waals surface area contributed by atoms with E-state index in [9.17, 15) is 0 Å². The molecular formula is C28H32N2OSi. The predicted molar refractivity (Wildman–Crippen MR) is 136 cm³/mol. The first-order chi connectivity index (χ1) is 15.8. The molecule has 32 heavy (non-hydrogen) atoms. The Bertz CT molecular complexity index is 1010. The summed E-state index contributed by atoms with van der Waals surface area (Å²) in [6.45, 7) is 3.03. The molecule has 3 nitrogen and oxygen atoms in total. The van der Waals surface area contributed by atoms with Crippen LogP contribution in [0.2, 0.25) is 0 Å². The minimum atomic E-state index is -0.849. The maximum atomic E-state index is 5.98. The fraction of sp³-hybridized carbons (Fsp3) is 0.250. The number of benzene rings is 3. The van der Waals surface area contributed by atoms with Crippen LogP contribution in [0.15, 0.2) is 104 Å². The lowest BCUT2D eigenvalue weighted by molar-refractivity contribution is 0.305. The smallest absolute Gasteiger partial charge is 0.119 e. The van der Waals surface area contributed by atoms with Crippen LogP contribution in [0.1, 0.15) is 43.7 Å². The molecule has 0 spiro atoms. The molecule has 0 radical (unpaired) electrons. The Kier molecular flexibility index (Phi) is 7.57. The van der Waals surface area contributed by atoms with Crippen molar-refractivity contribution in [1.29, 1.82) is 0 Å². The summed E-state index contributed by atoms with van der Waals surface area (Å²) in [5.74, 6) is 0.965. The van der Waals surface area contributed by atoms with Gasteiger partial charge < -0.3 is 9.30 Å². The van der Waals surface area contributed by atoms with E-state index in [-0.39, 0.29) is 5.16 Å². The molecular weight excluding hydrogens is 408 g/mol. The lowest BCUT2D eigenvalue weighted by atomic mass is 9.97. The number of unbranched alkanes of at least 4 members (excludes halogenated alkanes) is 3. The molecule has 0 fully saturated rings. The van der Waals surface area contributed by atoms with Gasteiger partial charge in [0.1, 0.15) is 5.75 Å². The average Bonchev–Trinajstić information content (AvgIpc) is 3.40. The zero-order valence-electron chi connectivity index (χ0n) is 18.9. The molecule has 0 bridgehead atoms. The molecule has 3 aromatic carbocycles. The Balaban J connectivity index is 1.65. The third-order valence-electron chi connectivity index (χ3n) is 6.10. The quantitative estimate of drug-likeness (QED) is 0.240. The topological polar surface area (TPSA) is 27.1 Å². The van der Waals surface area contributed by atoms with Crippen LogP contribution in [0.25, 0.3) is 0 Å². The molecule has 0 amide bonds. The van der Waals surface area contributed by atoms with Gasteiger partial charge in [-0.25, -0.2) is 4.98 Å². The van der Waals surface area contributed by atoms with Crippen molar-refractivity contribution in [3.8, 4) is 5.75 Å². The second-order valence-corrected chi connectivity index (χ2v) is 10.5. The molecule has 4 heteroatoms. The molecule has 0 aliphatic heterocycles. The number of rotatable bonds is 11. The SMILES string of the molecule is CCCCCCOc1ccc([SiH2]C(c2ccccc2)(c2ccccc2)n2ccnc2)cc1. The summed E-state index contributed by atoms with van der Waals surface area (Å²) in [7, 11) is -0.849. The van der Waals surface area contributed by atoms with Crippen molar-refractivity contribution < 1.29 is 4.74 Å². The molecule has 1 heterocycles. The second-order valence-electron chi connectivity index (χ2n) is 8.29. The summed E-state index contributed by atoms with van der Waals surface area (Å²) < 4.78 is 8.27. The number of hydrogen-bond acceptors (Lipinski definition) is 2. The van der Waals surface area contributed by atoms with Gasteiger partial charge in [0, 0.05) is 12.4 Å². The Hall–Kier alpha value is -3.11. The molecule has 1 aromatic heterocycles. The monoisotopic (exact) mass is 440 g/mol. The van der Waals surface area contributed by atoms with Gasteiger partial charge in [-0.3, -0.25) is 0 Å². The minimum Gasteiger partial charge on any atom is -0.494 e. The summed E-state index contributed by atoms with van der Waals surface area (Å²) in [5, 5.41) is 1.14. The van der Waals surface area contributed by atoms with Crippen LogP contribution in [0.5, 0.6) is 5.75 Å². The molecule has 0 N–H and O–H groups in total. The van der Waals surface area contributed by atoms with E-state index in [0.717, 1.165) is 18.8 Å². The Morgan fingerprint density at radius 3 is 2.03 bits per heavy atom. The summed E-state index contributed by atoms with van der Waals surface area (Å²) in [6, 6.07) is 30.5. The van der Waals surface area contributed by atoms with E-state index < -0.39 is 9.52 Å². The van der Waals surface area contributed by atoms with Crippen molar-refractivity contribution in [3.05, 3.63) is 115 Å². The molecule has 0 saturated heterocycles. The van der Waals surface area contributed by atoms with Crippen molar-refractivity contribution in [2.75, 3.05) is 6.61 Å². The molecule has 0 aliphatic carbocycles. The van der Waals surface area contributed by atoms with Crippen molar-refractivity contribution in [2.24, 2.45) is 0 Å². The van der Waals surface area contributed by atoms with E-state index >= 15 is 0 Å². The maximum Gasteiger partial charge on any atom is 0.119 e. The van der Waals surface area contributed by atoms with Crippen LogP contribution in [0, 0.1) is 0 Å². The van der Waals surface area contributed by atoms with E-state index in [4.69, 9.17) is 4.74 Å². The van der Waals surface area contributed by atoms with Gasteiger partial charge in [-0.15, -0.1) is 0 Å². The van der Waals surface area contributed by atoms with Crippen molar-refractivity contribution >= 4 is 14.7 Å². The van der Waals surface area contributed by atoms with Gasteiger partial charge in [0.05, 0.1) is 27.6 Å². The number of aromatic nitrogens is 2. The van der Waals surface area contributed by atoms with Gasteiger partial charge in [-0.05, 0) is 29.7 Å². The Morgan fingerprint density at radius 1 is 0.812 bits per heavy atom. The Morgan fingerprint density at radius 2 is 1.47 bits per heavy atom. The zero-order chi connectivity index (χ0) is 22.1. The van der Waals surface area contributed by atoms with Gasteiger partial charge >= 0.3 is 0 Å². The van der Waals surface area contributed by atoms with Gasteiger partial charge in [0.25, 0.3) is 0 Å². The lowest BCUT2D eigenvalue weighted by Gasteiger charge is -2.37. The average molecular weight is 441 g/mol. The molecule has 0 atom stereocenters. The highest BCUT2D eigenvalue weighted by Gasteiger charge is 2.36. The van der Waals surface area contributed by atoms with Crippen LogP contribution >= 0.6 is 0 Å². The maximum absolute atomic E-state index is 5.98. The minimum absolute atomic E-state index is 0.248. The largest absolute Gasteiger partial charge is 0.494 e. The lowest BCUT2D eigenvalue weighted by Crippen LogP contribution is -2.46. The van der Waals surface area contributed by atoms with Crippen LogP contribution in [0.4, 0.5) is 0 Å². The fourth-order valence-electron chi connectivity index (χ4n) is 4.39. The first-order valence-electron chi connectivity index (χ1n) is 11.6. The molecule has 0 aliphatic rings. The molecule has 0 unspecified atom stereocenters. The van der Waals surface area contributed by atoms with E-state index in [1.807, 2.05) is 12.5 Å². The van der Waals surface area contributed by atoms with E-state index in [0.29, 0.717) is 0 Å². The number of hydrogen-bond donors (Lipinski definition) is 0. The van der Waals surface area contributed by atoms with Crippen molar-refractivity contribution in [2.45, 2.75) is 37.8 Å². The Labute approximate surface area is 193 Å². The number of ether oxygens (including phenoxy) is 1. The summed E-state index contributed by atoms with van der Waals surface area (Å²) >= 11 is 0. The number of nitrogens with zero attached hydrogens (tertiary/aromatic N) is 2. The van der Waals surface area contributed by atoms with Crippen LogP contribution in [-0.2, 0) is 5.16 Å². The molecule has 0 saturated carbocycles. The number of imidazole rings is 1. The molecule has 164 valence electrons. The summed E-state index contributed by atoms with van der Waals surface area (Å²) in [4.78, 5) is 4.41. The van der Waals surface area contributed by atoms with Crippen molar-refractivity contribution in [3.63, 3.8) is 0 Å². The normalized spacial score (nSPS) is 11.8. The second kappa shape index (κ2) is 11.0. The highest BCUT2D eigenvalue weighted by molar-refractivity contribution is 6.57. The third-order valence-corrected chi connectivity index (χ3v) is 8.67. The molecule has 4 aromatic rings. The van der Waals surface area contributed by atoms with Gasteiger partial charge in [-0.1, -0.05) is 104 Å². The van der Waals surface area contributed by atoms with Crippen LogP contribution in [-0.4, -0.2) is 25.7 Å². The first kappa shape index (κ1) is 22.1. The van der Waals surface area contributed by atoms with Gasteiger partial charge in [0.15, 0.2) is 0 Å². The predicted octanol–water partition coefficient (Wildman–Crippen LogP) is 5.09. The third kappa shape index (κ3) is 5.02. The summed E-state index contributed by atoms with van der Waals surface area (Å²) in [5.41, 5.74) is 2.60. The fourth-order valence-corrected chi connectivity index (χ4v) is 6.70. The highest BCUT2D eigenvalue weighted by atomic mass is 28.2. The highest BCUT2D eigenvalue weighted by Crippen LogP contribution is 2.33. The zero-order valence-corrected chi connectivity index (χ0v) is 20.3. The van der Waals surface area contributed by atoms with E-state index in [2.05, 4.69) is 108 Å². The van der Waals surface area contributed by atoms with Gasteiger partial charge in [0.2, 0.25) is 0 Å². The molecule has 4 rings (SSSR count). The first-order valence-corrected chi connectivity index (χ1v) is 13.1. The van der Waals surface area contributed by atoms with Crippen LogP contribution in [0.3, 0.4) is 0 Å². The van der Waals surface area contributed by atoms with E-state index in [1.165, 1.54) is 35.6 Å². The van der Waals surface area contributed by atoms with E-state index in [1.54, 1.807) is 0 Å². The summed E-state index contributed by atoms with van der Waals surface area (Å²) in [6.07, 6.45) is 10.8. The standard InChI is InChI=1S/C28H32N2OSi/c1-2-3-4-11-22-31-26-16-18-27(19-17-26)32-28(30-21-20-29-23-30,24-12-7-5-8-13-24)25-14-9-6-10-15-25/h5-10,12-21,23H,2-4,11,22,32H2,1H3. The van der Waals surface area contributed by atoms with Crippen molar-refractivity contribution in [1.82, 2.24) is 9.55 Å². The van der Waals surface area contributed by atoms with Gasteiger partial charge in [-0.2, -0.15) is 0 Å². The van der Waals surface area contributed by atoms with Crippen LogP contribution < -0.4 is 9.92 Å².